The van der Waals surface area contributed by atoms with E-state index in [4.69, 9.17) is 15.3 Å². The van der Waals surface area contributed by atoms with Crippen molar-refractivity contribution in [1.29, 1.82) is 0 Å². The quantitative estimate of drug-likeness (QED) is 0.109. The first-order chi connectivity index (χ1) is 15.8. The fourth-order valence-corrected chi connectivity index (χ4v) is 6.25. The normalized spacial score (nSPS) is 21.7. The van der Waals surface area contributed by atoms with E-state index in [1.807, 2.05) is 0 Å². The molecule has 2 atom stereocenters. The molecule has 34 heavy (non-hydrogen) atoms. The Bertz CT molecular complexity index is 1130. The molecule has 0 unspecified atom stereocenters. The van der Waals surface area contributed by atoms with Crippen LogP contribution in [0.25, 0.3) is 0 Å². The molecule has 0 radical (unpaired) electrons. The summed E-state index contributed by atoms with van der Waals surface area (Å²) in [6.45, 7) is 0.139. The minimum atomic E-state index is -1.48. The third kappa shape index (κ3) is 5.28. The van der Waals surface area contributed by atoms with Gasteiger partial charge in [0, 0.05) is 27.9 Å². The molecule has 12 nitrogen and oxygen atoms in total. The number of thiazole rings is 1. The zero-order valence-corrected chi connectivity index (χ0v) is 22.4. The van der Waals surface area contributed by atoms with Gasteiger partial charge in [0.2, 0.25) is 0 Å². The van der Waals surface area contributed by atoms with Gasteiger partial charge < -0.3 is 30.5 Å². The summed E-state index contributed by atoms with van der Waals surface area (Å²) in [4.78, 5) is 59.1. The predicted molar refractivity (Wildman–Crippen MR) is 119 cm³/mol. The number of hydrogen-bond acceptors (Lipinski definition) is 13. The van der Waals surface area contributed by atoms with Gasteiger partial charge >= 0.3 is 35.5 Å². The molecular weight excluding hydrogens is 517 g/mol. The van der Waals surface area contributed by atoms with Crippen LogP contribution in [0.3, 0.4) is 0 Å². The zero-order chi connectivity index (χ0) is 23.7. The van der Waals surface area contributed by atoms with Crippen molar-refractivity contribution in [3.05, 3.63) is 33.3 Å². The van der Waals surface area contributed by atoms with E-state index in [0.717, 1.165) is 16.2 Å². The predicted octanol–water partition coefficient (Wildman–Crippen LogP) is -4.34. The van der Waals surface area contributed by atoms with Crippen molar-refractivity contribution in [3.63, 3.8) is 0 Å². The number of ether oxygens (including phenoxy) is 1. The summed E-state index contributed by atoms with van der Waals surface area (Å²) in [5, 5.41) is 19.2. The van der Waals surface area contributed by atoms with Crippen LogP contribution in [0.1, 0.15) is 5.69 Å². The Morgan fingerprint density at radius 1 is 1.47 bits per heavy atom. The minimum absolute atomic E-state index is 0. The third-order valence-corrected chi connectivity index (χ3v) is 7.87. The van der Waals surface area contributed by atoms with Crippen molar-refractivity contribution in [2.75, 3.05) is 31.0 Å². The molecule has 0 bridgehead atoms. The number of nitrogens with zero attached hydrogens (tertiary/aromatic N) is 3. The number of hydrogen-bond donors (Lipinski definition) is 2. The van der Waals surface area contributed by atoms with Gasteiger partial charge in [-0.05, 0) is 5.57 Å². The Hall–Kier alpha value is -2.04. The second-order valence-electron chi connectivity index (χ2n) is 6.80. The number of nitrogens with two attached hydrogens (primary N) is 1. The summed E-state index contributed by atoms with van der Waals surface area (Å²) < 4.78 is 4.83. The minimum Gasteiger partial charge on any atom is -0.543 e. The number of carboxylic acids is 1. The average Bonchev–Trinajstić information content (AvgIpc) is 3.40. The molecule has 174 valence electrons. The fourth-order valence-electron chi connectivity index (χ4n) is 3.30. The fraction of sp³-hybridized carbons (Fsp3) is 0.333. The first kappa shape index (κ1) is 26.6. The van der Waals surface area contributed by atoms with Gasteiger partial charge in [0.1, 0.15) is 30.8 Å². The number of aromatic nitrogens is 1. The first-order valence-corrected chi connectivity index (χ1v) is 12.2. The first-order valence-electron chi connectivity index (χ1n) is 9.31. The summed E-state index contributed by atoms with van der Waals surface area (Å²) in [6.07, 6.45) is 1.35. The van der Waals surface area contributed by atoms with E-state index in [2.05, 4.69) is 15.5 Å². The van der Waals surface area contributed by atoms with Crippen molar-refractivity contribution in [2.24, 2.45) is 5.16 Å². The van der Waals surface area contributed by atoms with Crippen LogP contribution in [0.5, 0.6) is 0 Å². The van der Waals surface area contributed by atoms with Crippen LogP contribution in [0.2, 0.25) is 0 Å². The van der Waals surface area contributed by atoms with Gasteiger partial charge in [-0.3, -0.25) is 14.5 Å². The number of amides is 2. The number of nitrogen functional groups attached to an aromatic ring is 1. The second kappa shape index (κ2) is 11.1. The van der Waals surface area contributed by atoms with Crippen LogP contribution in [-0.2, 0) is 28.8 Å². The van der Waals surface area contributed by atoms with Gasteiger partial charge in [-0.2, -0.15) is 0 Å². The van der Waals surface area contributed by atoms with Crippen LogP contribution in [0.15, 0.2) is 32.8 Å². The van der Waals surface area contributed by atoms with E-state index in [0.29, 0.717) is 16.2 Å². The number of cyclic esters (lactones) is 1. The molecule has 4 rings (SSSR count). The van der Waals surface area contributed by atoms with E-state index in [9.17, 15) is 24.3 Å². The van der Waals surface area contributed by atoms with Crippen molar-refractivity contribution in [2.45, 2.75) is 11.4 Å². The van der Waals surface area contributed by atoms with Gasteiger partial charge in [0.25, 0.3) is 11.8 Å². The molecule has 0 aliphatic carbocycles. The molecule has 1 fully saturated rings. The van der Waals surface area contributed by atoms with Crippen LogP contribution >= 0.6 is 34.9 Å². The number of rotatable bonds is 8. The maximum atomic E-state index is 12.8. The summed E-state index contributed by atoms with van der Waals surface area (Å²) in [6, 6.07) is -0.965. The second-order valence-corrected chi connectivity index (χ2v) is 9.90. The Morgan fingerprint density at radius 3 is 2.82 bits per heavy atom. The van der Waals surface area contributed by atoms with Gasteiger partial charge in [-0.1, -0.05) is 5.16 Å². The topological polar surface area (TPSA) is 176 Å². The molecule has 3 aliphatic heterocycles. The molecular formula is C18H16N5NaO7S3. The summed E-state index contributed by atoms with van der Waals surface area (Å²) >= 11 is 3.68. The van der Waals surface area contributed by atoms with E-state index in [-0.39, 0.29) is 64.2 Å². The Labute approximate surface area is 227 Å². The summed E-state index contributed by atoms with van der Waals surface area (Å²) in [5.41, 5.74) is 5.91. The Kier molecular flexibility index (Phi) is 8.70. The molecule has 1 saturated heterocycles. The van der Waals surface area contributed by atoms with E-state index >= 15 is 0 Å². The van der Waals surface area contributed by atoms with Crippen molar-refractivity contribution in [1.82, 2.24) is 15.2 Å². The number of fused-ring (bicyclic) bond motifs is 1. The van der Waals surface area contributed by atoms with Gasteiger partial charge in [-0.25, -0.2) is 9.78 Å². The van der Waals surface area contributed by atoms with E-state index in [1.165, 1.54) is 42.1 Å². The molecule has 0 spiro atoms. The van der Waals surface area contributed by atoms with E-state index in [1.54, 1.807) is 0 Å². The molecule has 1 aromatic heterocycles. The SMILES string of the molecule is CO/N=C(\C(=O)N[C@@H]1C(=O)N2C(C(=O)[O-])=C(CSC3=CC(=O)OC3)CS[C@@H]12)c1csc(N)n1.[Na+]. The molecule has 0 aromatic carbocycles. The number of carbonyl (C=O) groups is 4. The molecule has 1 aromatic rings. The van der Waals surface area contributed by atoms with Crippen molar-refractivity contribution >= 4 is 69.5 Å². The standard InChI is InChI=1S/C18H17N5O7S3.Na/c1-29-22-11(9-6-33-18(19)20-9)14(25)21-12-15(26)23-13(17(27)28)7(5-32-16(12)23)4-31-8-2-10(24)30-3-8;/h2,6,12,16H,3-5H2,1H3,(H2,19,20)(H,21,25)(H,27,28);/q;+1/p-1/b22-11-;/t12-,16+;/m1./s1. The number of aliphatic carboxylic acids is 1. The van der Waals surface area contributed by atoms with Crippen molar-refractivity contribution in [3.8, 4) is 0 Å². The van der Waals surface area contributed by atoms with Crippen LogP contribution in [0.4, 0.5) is 5.13 Å². The maximum Gasteiger partial charge on any atom is 1.00 e. The smallest absolute Gasteiger partial charge is 0.543 e. The Morgan fingerprint density at radius 2 is 2.24 bits per heavy atom. The van der Waals surface area contributed by atoms with E-state index < -0.39 is 35.2 Å². The number of oxime groups is 1. The zero-order valence-electron chi connectivity index (χ0n) is 17.9. The average molecular weight is 534 g/mol. The monoisotopic (exact) mass is 533 g/mol. The maximum absolute atomic E-state index is 12.8. The van der Waals surface area contributed by atoms with Gasteiger partial charge in [0.15, 0.2) is 10.8 Å². The largest absolute Gasteiger partial charge is 1.00 e. The molecule has 16 heteroatoms. The molecule has 3 N–H and O–H groups in total. The number of nitrogens with one attached hydrogen (secondary N) is 1. The Balaban J connectivity index is 0.00000324. The van der Waals surface area contributed by atoms with Gasteiger partial charge in [-0.15, -0.1) is 34.9 Å². The molecule has 2 amide bonds. The van der Waals surface area contributed by atoms with Crippen LogP contribution in [-0.4, -0.2) is 76.0 Å². The number of β-lactam (4-membered cyclic amide) rings is 1. The van der Waals surface area contributed by atoms with Crippen LogP contribution < -0.4 is 45.7 Å². The number of anilines is 1. The number of thioether (sulfide) groups is 2. The summed E-state index contributed by atoms with van der Waals surface area (Å²) in [5.74, 6) is -2.67. The number of carbonyl (C=O) groups excluding carboxylic acids is 4. The molecule has 3 aliphatic rings. The van der Waals surface area contributed by atoms with Crippen LogP contribution in [0, 0.1) is 0 Å². The van der Waals surface area contributed by atoms with Crippen molar-refractivity contribution < 1.29 is 63.4 Å². The molecule has 0 saturated carbocycles. The van der Waals surface area contributed by atoms with Gasteiger partial charge in [0.05, 0.1) is 11.7 Å². The number of carboxylic acid groups (broad SMARTS) is 1. The third-order valence-electron chi connectivity index (χ3n) is 4.76. The molecule has 4 heterocycles. The number of esters is 1. The summed E-state index contributed by atoms with van der Waals surface area (Å²) in [7, 11) is 1.26.